The molecule has 1 heterocycles. The van der Waals surface area contributed by atoms with E-state index in [1.165, 1.54) is 19.2 Å². The number of carbonyl (C=O) groups excluding carboxylic acids is 2. The number of carbonyl (C=O) groups is 2. The highest BCUT2D eigenvalue weighted by molar-refractivity contribution is 7.92. The van der Waals surface area contributed by atoms with Crippen LogP contribution in [0.5, 0.6) is 0 Å². The van der Waals surface area contributed by atoms with Crippen LogP contribution in [0.15, 0.2) is 71.9 Å². The highest BCUT2D eigenvalue weighted by Crippen LogP contribution is 2.24. The molecule has 0 fully saturated rings. The SMILES string of the molecule is COC(=O)c1ccccc1NC(=O)CS(=O)(=O)c1nnnn1-c1cccc2ccccc12. The molecule has 0 bridgehead atoms. The molecule has 1 aromatic heterocycles. The van der Waals surface area contributed by atoms with E-state index in [0.29, 0.717) is 5.69 Å². The van der Waals surface area contributed by atoms with Gasteiger partial charge in [-0.25, -0.2) is 13.2 Å². The van der Waals surface area contributed by atoms with Crippen molar-refractivity contribution in [2.75, 3.05) is 18.2 Å². The van der Waals surface area contributed by atoms with E-state index >= 15 is 0 Å². The van der Waals surface area contributed by atoms with Gasteiger partial charge < -0.3 is 10.1 Å². The van der Waals surface area contributed by atoms with Crippen LogP contribution in [-0.2, 0) is 19.4 Å². The molecule has 0 aliphatic heterocycles. The van der Waals surface area contributed by atoms with Crippen LogP contribution in [0.4, 0.5) is 5.69 Å². The molecule has 162 valence electrons. The molecule has 0 radical (unpaired) electrons. The van der Waals surface area contributed by atoms with Crippen LogP contribution in [-0.4, -0.2) is 53.4 Å². The number of nitrogens with zero attached hydrogens (tertiary/aromatic N) is 4. The van der Waals surface area contributed by atoms with Gasteiger partial charge >= 0.3 is 5.97 Å². The van der Waals surface area contributed by atoms with Gasteiger partial charge in [-0.05, 0) is 34.0 Å². The second kappa shape index (κ2) is 8.55. The lowest BCUT2D eigenvalue weighted by molar-refractivity contribution is -0.113. The van der Waals surface area contributed by atoms with Crippen molar-refractivity contribution in [3.63, 3.8) is 0 Å². The number of methoxy groups -OCH3 is 1. The molecule has 0 spiro atoms. The molecule has 11 heteroatoms. The average Bonchev–Trinajstić information content (AvgIpc) is 3.29. The van der Waals surface area contributed by atoms with Crippen molar-refractivity contribution < 1.29 is 22.7 Å². The number of rotatable bonds is 6. The van der Waals surface area contributed by atoms with Gasteiger partial charge in [0.15, 0.2) is 0 Å². The van der Waals surface area contributed by atoms with Crippen LogP contribution in [0.25, 0.3) is 16.5 Å². The van der Waals surface area contributed by atoms with Crippen LogP contribution >= 0.6 is 0 Å². The smallest absolute Gasteiger partial charge is 0.339 e. The van der Waals surface area contributed by atoms with Crippen LogP contribution < -0.4 is 5.32 Å². The number of aromatic nitrogens is 4. The summed E-state index contributed by atoms with van der Waals surface area (Å²) in [5, 5.41) is 14.6. The fourth-order valence-corrected chi connectivity index (χ4v) is 4.33. The van der Waals surface area contributed by atoms with Crippen molar-refractivity contribution in [1.29, 1.82) is 0 Å². The minimum absolute atomic E-state index is 0.0985. The van der Waals surface area contributed by atoms with Gasteiger partial charge in [0.25, 0.3) is 5.16 Å². The zero-order valence-electron chi connectivity index (χ0n) is 16.8. The van der Waals surface area contributed by atoms with Gasteiger partial charge in [0.1, 0.15) is 5.75 Å². The van der Waals surface area contributed by atoms with Crippen LogP contribution in [0, 0.1) is 0 Å². The summed E-state index contributed by atoms with van der Waals surface area (Å²) in [5.41, 5.74) is 0.692. The lowest BCUT2D eigenvalue weighted by Gasteiger charge is -2.11. The van der Waals surface area contributed by atoms with Crippen molar-refractivity contribution in [1.82, 2.24) is 20.2 Å². The van der Waals surface area contributed by atoms with Crippen LogP contribution in [0.1, 0.15) is 10.4 Å². The molecule has 32 heavy (non-hydrogen) atoms. The Labute approximate surface area is 182 Å². The monoisotopic (exact) mass is 451 g/mol. The molecule has 0 saturated heterocycles. The highest BCUT2D eigenvalue weighted by Gasteiger charge is 2.28. The number of ether oxygens (including phenoxy) is 1. The highest BCUT2D eigenvalue weighted by atomic mass is 32.2. The first-order valence-electron chi connectivity index (χ1n) is 9.37. The molecule has 10 nitrogen and oxygen atoms in total. The first-order chi connectivity index (χ1) is 15.4. The Morgan fingerprint density at radius 3 is 2.53 bits per heavy atom. The summed E-state index contributed by atoms with van der Waals surface area (Å²) < 4.78 is 31.7. The van der Waals surface area contributed by atoms with E-state index in [2.05, 4.69) is 25.6 Å². The molecule has 0 aliphatic carbocycles. The third-order valence-corrected chi connectivity index (χ3v) is 6.09. The second-order valence-electron chi connectivity index (χ2n) is 6.72. The molecule has 3 aromatic carbocycles. The Morgan fingerprint density at radius 2 is 1.72 bits per heavy atom. The topological polar surface area (TPSA) is 133 Å². The van der Waals surface area contributed by atoms with Gasteiger partial charge in [-0.1, -0.05) is 53.6 Å². The number of esters is 1. The van der Waals surface area contributed by atoms with Crippen molar-refractivity contribution in [2.24, 2.45) is 0 Å². The molecule has 0 unspecified atom stereocenters. The third kappa shape index (κ3) is 4.05. The van der Waals surface area contributed by atoms with Crippen LogP contribution in [0.2, 0.25) is 0 Å². The van der Waals surface area contributed by atoms with Gasteiger partial charge in [-0.2, -0.15) is 4.68 Å². The average molecular weight is 451 g/mol. The number of sulfone groups is 1. The number of hydrogen-bond acceptors (Lipinski definition) is 8. The molecular weight excluding hydrogens is 434 g/mol. The molecule has 0 atom stereocenters. The number of fused-ring (bicyclic) bond motifs is 1. The standard InChI is InChI=1S/C21H17N5O5S/c1-31-20(28)16-10-4-5-11-17(16)22-19(27)13-32(29,30)21-23-24-25-26(21)18-12-6-8-14-7-2-3-9-15(14)18/h2-12H,13H2,1H3,(H,22,27). The molecule has 1 N–H and O–H groups in total. The normalized spacial score (nSPS) is 11.3. The first kappa shape index (κ1) is 21.1. The summed E-state index contributed by atoms with van der Waals surface area (Å²) in [7, 11) is -3.02. The van der Waals surface area contributed by atoms with Crippen molar-refractivity contribution in [3.8, 4) is 5.69 Å². The number of amides is 1. The minimum atomic E-state index is -4.22. The Hall–Kier alpha value is -4.12. The Bertz CT molecular complexity index is 1430. The maximum atomic E-state index is 13.0. The lowest BCUT2D eigenvalue weighted by atomic mass is 10.1. The van der Waals surface area contributed by atoms with E-state index in [4.69, 9.17) is 0 Å². The molecule has 4 rings (SSSR count). The fourth-order valence-electron chi connectivity index (χ4n) is 3.22. The first-order valence-corrected chi connectivity index (χ1v) is 11.0. The zero-order chi connectivity index (χ0) is 22.7. The Kier molecular flexibility index (Phi) is 5.65. The number of anilines is 1. The third-order valence-electron chi connectivity index (χ3n) is 4.64. The van der Waals surface area contributed by atoms with E-state index in [1.807, 2.05) is 30.3 Å². The number of benzene rings is 3. The van der Waals surface area contributed by atoms with E-state index < -0.39 is 32.6 Å². The van der Waals surface area contributed by atoms with E-state index in [9.17, 15) is 18.0 Å². The van der Waals surface area contributed by atoms with Crippen molar-refractivity contribution >= 4 is 38.2 Å². The Morgan fingerprint density at radius 1 is 1.00 bits per heavy atom. The summed E-state index contributed by atoms with van der Waals surface area (Å²) in [6.07, 6.45) is 0. The molecule has 1 amide bonds. The Balaban J connectivity index is 1.63. The van der Waals surface area contributed by atoms with Crippen LogP contribution in [0.3, 0.4) is 0 Å². The second-order valence-corrected chi connectivity index (χ2v) is 8.60. The maximum absolute atomic E-state index is 13.0. The number of tetrazole rings is 1. The number of nitrogens with one attached hydrogen (secondary N) is 1. The minimum Gasteiger partial charge on any atom is -0.465 e. The predicted molar refractivity (Wildman–Crippen MR) is 115 cm³/mol. The van der Waals surface area contributed by atoms with E-state index in [0.717, 1.165) is 15.5 Å². The van der Waals surface area contributed by atoms with Gasteiger partial charge in [0, 0.05) is 5.39 Å². The maximum Gasteiger partial charge on any atom is 0.339 e. The zero-order valence-corrected chi connectivity index (χ0v) is 17.6. The van der Waals surface area contributed by atoms with E-state index in [-0.39, 0.29) is 11.3 Å². The predicted octanol–water partition coefficient (Wildman–Crippen LogP) is 2.01. The number of hydrogen-bond donors (Lipinski definition) is 1. The summed E-state index contributed by atoms with van der Waals surface area (Å²) in [5.74, 6) is -2.44. The summed E-state index contributed by atoms with van der Waals surface area (Å²) in [6, 6.07) is 18.8. The van der Waals surface area contributed by atoms with E-state index in [1.54, 1.807) is 24.3 Å². The molecular formula is C21H17N5O5S. The van der Waals surface area contributed by atoms with Gasteiger partial charge in [-0.3, -0.25) is 4.79 Å². The molecule has 0 saturated carbocycles. The fraction of sp³-hybridized carbons (Fsp3) is 0.0952. The van der Waals surface area contributed by atoms with Gasteiger partial charge in [0.05, 0.1) is 24.0 Å². The summed E-state index contributed by atoms with van der Waals surface area (Å²) in [6.45, 7) is 0. The molecule has 0 aliphatic rings. The quantitative estimate of drug-likeness (QED) is 0.440. The largest absolute Gasteiger partial charge is 0.465 e. The summed E-state index contributed by atoms with van der Waals surface area (Å²) in [4.78, 5) is 24.4. The molecule has 4 aromatic rings. The van der Waals surface area contributed by atoms with Gasteiger partial charge in [0.2, 0.25) is 15.7 Å². The van der Waals surface area contributed by atoms with Crippen molar-refractivity contribution in [3.05, 3.63) is 72.3 Å². The van der Waals surface area contributed by atoms with Crippen molar-refractivity contribution in [2.45, 2.75) is 5.16 Å². The summed E-state index contributed by atoms with van der Waals surface area (Å²) >= 11 is 0. The van der Waals surface area contributed by atoms with Gasteiger partial charge in [-0.15, -0.1) is 0 Å². The number of para-hydroxylation sites is 1. The lowest BCUT2D eigenvalue weighted by Crippen LogP contribution is -2.26.